The fraction of sp³-hybridized carbons (Fsp3) is 0. The molecule has 0 aliphatic heterocycles. The summed E-state index contributed by atoms with van der Waals surface area (Å²) in [6.45, 7) is 0. The molecule has 0 bridgehead atoms. The molecule has 3 aromatic rings. The quantitative estimate of drug-likeness (QED) is 0.778. The van der Waals surface area contributed by atoms with Crippen LogP contribution in [0.5, 0.6) is 0 Å². The van der Waals surface area contributed by atoms with Crippen LogP contribution in [0.25, 0.3) is 22.5 Å². The molecule has 2 aromatic heterocycles. The number of anilines is 1. The Morgan fingerprint density at radius 3 is 2.40 bits per heavy atom. The summed E-state index contributed by atoms with van der Waals surface area (Å²) in [6, 6.07) is 6.93. The van der Waals surface area contributed by atoms with Crippen molar-refractivity contribution in [3.8, 4) is 22.5 Å². The summed E-state index contributed by atoms with van der Waals surface area (Å²) >= 11 is 0. The maximum Gasteiger partial charge on any atom is 0.177 e. The van der Waals surface area contributed by atoms with Gasteiger partial charge in [-0.05, 0) is 35.9 Å². The third kappa shape index (κ3) is 2.01. The van der Waals surface area contributed by atoms with E-state index in [0.717, 1.165) is 17.7 Å². The number of pyridine rings is 1. The average Bonchev–Trinajstić information content (AvgIpc) is 2.85. The summed E-state index contributed by atoms with van der Waals surface area (Å²) in [5.41, 5.74) is 7.41. The molecular weight excluding hydrogens is 264 g/mol. The van der Waals surface area contributed by atoms with E-state index in [2.05, 4.69) is 10.1 Å². The van der Waals surface area contributed by atoms with Gasteiger partial charge in [0, 0.05) is 18.0 Å². The molecule has 0 unspecified atom stereocenters. The Balaban J connectivity index is 2.18. The topological polar surface area (TPSA) is 64.9 Å². The van der Waals surface area contributed by atoms with Crippen molar-refractivity contribution in [2.75, 3.05) is 5.73 Å². The van der Waals surface area contributed by atoms with E-state index in [1.54, 1.807) is 24.5 Å². The first-order valence-electron chi connectivity index (χ1n) is 5.78. The summed E-state index contributed by atoms with van der Waals surface area (Å²) < 4.78 is 31.5. The largest absolute Gasteiger partial charge is 0.380 e. The van der Waals surface area contributed by atoms with E-state index in [0.29, 0.717) is 11.1 Å². The van der Waals surface area contributed by atoms with Gasteiger partial charge in [0.25, 0.3) is 0 Å². The van der Waals surface area contributed by atoms with E-state index in [1.165, 1.54) is 6.07 Å². The summed E-state index contributed by atoms with van der Waals surface area (Å²) in [4.78, 5) is 3.91. The van der Waals surface area contributed by atoms with Crippen LogP contribution < -0.4 is 5.73 Å². The predicted molar refractivity (Wildman–Crippen MR) is 69.5 cm³/mol. The summed E-state index contributed by atoms with van der Waals surface area (Å²) in [6.07, 6.45) is 3.19. The molecule has 6 heteroatoms. The fourth-order valence-electron chi connectivity index (χ4n) is 1.93. The second-order valence-electron chi connectivity index (χ2n) is 4.14. The second kappa shape index (κ2) is 4.73. The summed E-state index contributed by atoms with van der Waals surface area (Å²) in [5.74, 6) is -1.42. The van der Waals surface area contributed by atoms with Gasteiger partial charge in [0.2, 0.25) is 0 Å². The number of aromatic nitrogens is 2. The summed E-state index contributed by atoms with van der Waals surface area (Å²) in [5, 5.41) is 3.69. The molecule has 0 spiro atoms. The molecule has 2 N–H and O–H groups in total. The average molecular weight is 273 g/mol. The van der Waals surface area contributed by atoms with E-state index in [-0.39, 0.29) is 11.6 Å². The van der Waals surface area contributed by atoms with Gasteiger partial charge in [-0.15, -0.1) is 0 Å². The predicted octanol–water partition coefficient (Wildman–Crippen LogP) is 3.26. The number of rotatable bonds is 2. The molecule has 0 aliphatic carbocycles. The van der Waals surface area contributed by atoms with Crippen LogP contribution in [0.1, 0.15) is 0 Å². The Labute approximate surface area is 112 Å². The SMILES string of the molecule is Nc1noc(-c2ccc(F)c(F)c2)c1-c1ccncc1. The van der Waals surface area contributed by atoms with Gasteiger partial charge in [0.05, 0.1) is 5.56 Å². The van der Waals surface area contributed by atoms with Crippen LogP contribution in [0, 0.1) is 11.6 Å². The number of benzene rings is 1. The Hall–Kier alpha value is -2.76. The normalized spacial score (nSPS) is 10.7. The molecule has 3 rings (SSSR count). The van der Waals surface area contributed by atoms with Crippen LogP contribution in [-0.4, -0.2) is 10.1 Å². The Morgan fingerprint density at radius 2 is 1.70 bits per heavy atom. The molecule has 100 valence electrons. The Kier molecular flexibility index (Phi) is 2.90. The van der Waals surface area contributed by atoms with Crippen LogP contribution in [0.15, 0.2) is 47.2 Å². The minimum Gasteiger partial charge on any atom is -0.380 e. The van der Waals surface area contributed by atoms with Gasteiger partial charge in [0.1, 0.15) is 0 Å². The maximum atomic E-state index is 13.3. The Bertz CT molecular complexity index is 756. The number of nitrogens with zero attached hydrogens (tertiary/aromatic N) is 2. The highest BCUT2D eigenvalue weighted by Gasteiger charge is 2.18. The summed E-state index contributed by atoms with van der Waals surface area (Å²) in [7, 11) is 0. The van der Waals surface area contributed by atoms with Crippen LogP contribution in [0.3, 0.4) is 0 Å². The lowest BCUT2D eigenvalue weighted by Crippen LogP contribution is -1.90. The third-order valence-corrected chi connectivity index (χ3v) is 2.87. The molecule has 0 saturated heterocycles. The van der Waals surface area contributed by atoms with Gasteiger partial charge in [-0.3, -0.25) is 4.98 Å². The molecule has 20 heavy (non-hydrogen) atoms. The smallest absolute Gasteiger partial charge is 0.177 e. The van der Waals surface area contributed by atoms with Crippen LogP contribution in [0.4, 0.5) is 14.6 Å². The van der Waals surface area contributed by atoms with Crippen molar-refractivity contribution in [3.05, 3.63) is 54.4 Å². The van der Waals surface area contributed by atoms with Crippen LogP contribution in [0.2, 0.25) is 0 Å². The zero-order valence-electron chi connectivity index (χ0n) is 10.2. The highest BCUT2D eigenvalue weighted by molar-refractivity contribution is 5.86. The van der Waals surface area contributed by atoms with Crippen molar-refractivity contribution in [3.63, 3.8) is 0 Å². The second-order valence-corrected chi connectivity index (χ2v) is 4.14. The van der Waals surface area contributed by atoms with Crippen LogP contribution >= 0.6 is 0 Å². The van der Waals surface area contributed by atoms with Crippen molar-refractivity contribution < 1.29 is 13.3 Å². The lowest BCUT2D eigenvalue weighted by molar-refractivity contribution is 0.435. The molecule has 0 fully saturated rings. The molecule has 0 aliphatic rings. The zero-order valence-corrected chi connectivity index (χ0v) is 10.2. The van der Waals surface area contributed by atoms with Gasteiger partial charge in [0.15, 0.2) is 23.2 Å². The number of halogens is 2. The van der Waals surface area contributed by atoms with E-state index in [4.69, 9.17) is 10.3 Å². The number of nitrogen functional groups attached to an aromatic ring is 1. The van der Waals surface area contributed by atoms with Gasteiger partial charge in [-0.25, -0.2) is 8.78 Å². The monoisotopic (exact) mass is 273 g/mol. The van der Waals surface area contributed by atoms with Crippen molar-refractivity contribution in [2.24, 2.45) is 0 Å². The first-order valence-corrected chi connectivity index (χ1v) is 5.78. The minimum absolute atomic E-state index is 0.177. The molecule has 0 radical (unpaired) electrons. The minimum atomic E-state index is -0.960. The molecule has 0 saturated carbocycles. The number of nitrogens with two attached hydrogens (primary N) is 1. The van der Waals surface area contributed by atoms with Gasteiger partial charge in [-0.1, -0.05) is 5.16 Å². The first kappa shape index (κ1) is 12.3. The molecule has 1 aromatic carbocycles. The van der Waals surface area contributed by atoms with Crippen LogP contribution in [-0.2, 0) is 0 Å². The number of hydrogen-bond donors (Lipinski definition) is 1. The molecular formula is C14H9F2N3O. The lowest BCUT2D eigenvalue weighted by atomic mass is 10.0. The van der Waals surface area contributed by atoms with E-state index < -0.39 is 11.6 Å². The van der Waals surface area contributed by atoms with Gasteiger partial charge in [-0.2, -0.15) is 0 Å². The standard InChI is InChI=1S/C14H9F2N3O/c15-10-2-1-9(7-11(10)16)13-12(14(17)19-20-13)8-3-5-18-6-4-8/h1-7H,(H2,17,19). The van der Waals surface area contributed by atoms with Gasteiger partial charge >= 0.3 is 0 Å². The van der Waals surface area contributed by atoms with E-state index in [9.17, 15) is 8.78 Å². The molecule has 4 nitrogen and oxygen atoms in total. The highest BCUT2D eigenvalue weighted by Crippen LogP contribution is 2.36. The zero-order chi connectivity index (χ0) is 14.1. The first-order chi connectivity index (χ1) is 9.66. The third-order valence-electron chi connectivity index (χ3n) is 2.87. The van der Waals surface area contributed by atoms with E-state index in [1.807, 2.05) is 0 Å². The molecule has 0 amide bonds. The number of hydrogen-bond acceptors (Lipinski definition) is 4. The van der Waals surface area contributed by atoms with Gasteiger partial charge < -0.3 is 10.3 Å². The Morgan fingerprint density at radius 1 is 0.950 bits per heavy atom. The lowest BCUT2D eigenvalue weighted by Gasteiger charge is -2.03. The molecule has 2 heterocycles. The van der Waals surface area contributed by atoms with Crippen molar-refractivity contribution in [1.29, 1.82) is 0 Å². The highest BCUT2D eigenvalue weighted by atomic mass is 19.2. The fourth-order valence-corrected chi connectivity index (χ4v) is 1.93. The maximum absolute atomic E-state index is 13.3. The van der Waals surface area contributed by atoms with Crippen molar-refractivity contribution >= 4 is 5.82 Å². The van der Waals surface area contributed by atoms with Crippen molar-refractivity contribution in [2.45, 2.75) is 0 Å². The van der Waals surface area contributed by atoms with Crippen molar-refractivity contribution in [1.82, 2.24) is 10.1 Å². The van der Waals surface area contributed by atoms with E-state index >= 15 is 0 Å². The molecule has 0 atom stereocenters.